The molecule has 1 saturated heterocycles. The van der Waals surface area contributed by atoms with E-state index in [4.69, 9.17) is 10.5 Å². The number of nitrogens with zero attached hydrogens (tertiary/aromatic N) is 1. The lowest BCUT2D eigenvalue weighted by atomic mass is 9.99. The molecule has 0 aliphatic carbocycles. The monoisotopic (exact) mass is 248 g/mol. The topological polar surface area (TPSA) is 38.5 Å². The molecule has 100 valence electrons. The zero-order chi connectivity index (χ0) is 12.8. The first kappa shape index (κ1) is 13.5. The minimum atomic E-state index is 0.623. The number of rotatable bonds is 5. The van der Waals surface area contributed by atoms with E-state index >= 15 is 0 Å². The molecular formula is C15H24N2O. The van der Waals surface area contributed by atoms with Gasteiger partial charge in [0.05, 0.1) is 0 Å². The summed E-state index contributed by atoms with van der Waals surface area (Å²) in [6.07, 6.45) is 2.40. The van der Waals surface area contributed by atoms with Crippen LogP contribution in [0.3, 0.4) is 0 Å². The summed E-state index contributed by atoms with van der Waals surface area (Å²) in [6.45, 7) is 4.65. The van der Waals surface area contributed by atoms with Gasteiger partial charge < -0.3 is 15.4 Å². The summed E-state index contributed by atoms with van der Waals surface area (Å²) in [6, 6.07) is 8.57. The zero-order valence-electron chi connectivity index (χ0n) is 11.3. The van der Waals surface area contributed by atoms with Crippen LogP contribution < -0.4 is 5.73 Å². The SMILES string of the molecule is CN(Cc1cccc(CN)c1)CC1CCOCC1. The Labute approximate surface area is 110 Å². The Bertz CT molecular complexity index is 361. The minimum Gasteiger partial charge on any atom is -0.381 e. The maximum Gasteiger partial charge on any atom is 0.0469 e. The lowest BCUT2D eigenvalue weighted by molar-refractivity contribution is 0.0549. The van der Waals surface area contributed by atoms with Crippen LogP contribution >= 0.6 is 0 Å². The van der Waals surface area contributed by atoms with Crippen LogP contribution in [0.4, 0.5) is 0 Å². The highest BCUT2D eigenvalue weighted by molar-refractivity contribution is 5.23. The van der Waals surface area contributed by atoms with Crippen LogP contribution in [0.15, 0.2) is 24.3 Å². The fourth-order valence-electron chi connectivity index (χ4n) is 2.60. The van der Waals surface area contributed by atoms with Crippen molar-refractivity contribution in [2.45, 2.75) is 25.9 Å². The second kappa shape index (κ2) is 6.88. The summed E-state index contributed by atoms with van der Waals surface area (Å²) in [5, 5.41) is 0. The first-order chi connectivity index (χ1) is 8.78. The van der Waals surface area contributed by atoms with Crippen molar-refractivity contribution in [2.24, 2.45) is 11.7 Å². The molecule has 0 bridgehead atoms. The van der Waals surface area contributed by atoms with Crippen LogP contribution in [-0.4, -0.2) is 31.7 Å². The molecule has 0 atom stereocenters. The van der Waals surface area contributed by atoms with Crippen LogP contribution in [0.25, 0.3) is 0 Å². The summed E-state index contributed by atoms with van der Waals surface area (Å²) >= 11 is 0. The molecule has 0 saturated carbocycles. The first-order valence-corrected chi connectivity index (χ1v) is 6.82. The number of hydrogen-bond acceptors (Lipinski definition) is 3. The van der Waals surface area contributed by atoms with Crippen LogP contribution in [0, 0.1) is 5.92 Å². The lowest BCUT2D eigenvalue weighted by Crippen LogP contribution is -2.29. The van der Waals surface area contributed by atoms with Gasteiger partial charge >= 0.3 is 0 Å². The van der Waals surface area contributed by atoms with Crippen LogP contribution in [0.1, 0.15) is 24.0 Å². The fraction of sp³-hybridized carbons (Fsp3) is 0.600. The van der Waals surface area contributed by atoms with Crippen molar-refractivity contribution in [3.63, 3.8) is 0 Å². The zero-order valence-corrected chi connectivity index (χ0v) is 11.3. The molecule has 0 amide bonds. The summed E-state index contributed by atoms with van der Waals surface area (Å²) in [5.74, 6) is 0.793. The summed E-state index contributed by atoms with van der Waals surface area (Å²) in [5.41, 5.74) is 8.24. The molecule has 1 aliphatic rings. The molecule has 0 unspecified atom stereocenters. The number of nitrogens with two attached hydrogens (primary N) is 1. The van der Waals surface area contributed by atoms with Gasteiger partial charge in [-0.05, 0) is 36.9 Å². The van der Waals surface area contributed by atoms with Crippen molar-refractivity contribution in [1.82, 2.24) is 4.90 Å². The molecule has 0 radical (unpaired) electrons. The molecule has 0 spiro atoms. The third-order valence-electron chi connectivity index (χ3n) is 3.59. The Balaban J connectivity index is 1.83. The lowest BCUT2D eigenvalue weighted by Gasteiger charge is -2.27. The van der Waals surface area contributed by atoms with E-state index in [1.807, 2.05) is 0 Å². The molecular weight excluding hydrogens is 224 g/mol. The van der Waals surface area contributed by atoms with Gasteiger partial charge in [-0.1, -0.05) is 24.3 Å². The van der Waals surface area contributed by atoms with Gasteiger partial charge in [-0.3, -0.25) is 0 Å². The van der Waals surface area contributed by atoms with E-state index in [-0.39, 0.29) is 0 Å². The van der Waals surface area contributed by atoms with Gasteiger partial charge in [-0.25, -0.2) is 0 Å². The molecule has 3 heteroatoms. The molecule has 2 N–H and O–H groups in total. The van der Waals surface area contributed by atoms with Crippen molar-refractivity contribution in [2.75, 3.05) is 26.8 Å². The molecule has 0 aromatic heterocycles. The van der Waals surface area contributed by atoms with Gasteiger partial charge in [0.2, 0.25) is 0 Å². The molecule has 18 heavy (non-hydrogen) atoms. The molecule has 1 fully saturated rings. The molecule has 1 heterocycles. The maximum atomic E-state index is 5.67. The second-order valence-corrected chi connectivity index (χ2v) is 5.28. The summed E-state index contributed by atoms with van der Waals surface area (Å²) < 4.78 is 5.40. The van der Waals surface area contributed by atoms with E-state index in [9.17, 15) is 0 Å². The predicted octanol–water partition coefficient (Wildman–Crippen LogP) is 2.00. The van der Waals surface area contributed by atoms with Gasteiger partial charge in [0.25, 0.3) is 0 Å². The Morgan fingerprint density at radius 2 is 2.00 bits per heavy atom. The van der Waals surface area contributed by atoms with E-state index in [1.165, 1.54) is 24.0 Å². The van der Waals surface area contributed by atoms with Gasteiger partial charge in [-0.15, -0.1) is 0 Å². The molecule has 1 aromatic rings. The Morgan fingerprint density at radius 1 is 1.28 bits per heavy atom. The summed E-state index contributed by atoms with van der Waals surface area (Å²) in [4.78, 5) is 2.41. The van der Waals surface area contributed by atoms with E-state index < -0.39 is 0 Å². The highest BCUT2D eigenvalue weighted by Crippen LogP contribution is 2.16. The average Bonchev–Trinajstić information content (AvgIpc) is 2.40. The van der Waals surface area contributed by atoms with Crippen molar-refractivity contribution < 1.29 is 4.74 Å². The van der Waals surface area contributed by atoms with Gasteiger partial charge in [0.1, 0.15) is 0 Å². The molecule has 2 rings (SSSR count). The maximum absolute atomic E-state index is 5.67. The highest BCUT2D eigenvalue weighted by atomic mass is 16.5. The van der Waals surface area contributed by atoms with Crippen LogP contribution in [0.2, 0.25) is 0 Å². The number of benzene rings is 1. The molecule has 3 nitrogen and oxygen atoms in total. The largest absolute Gasteiger partial charge is 0.381 e. The highest BCUT2D eigenvalue weighted by Gasteiger charge is 2.15. The van der Waals surface area contributed by atoms with E-state index in [2.05, 4.69) is 36.2 Å². The van der Waals surface area contributed by atoms with Crippen LogP contribution in [0.5, 0.6) is 0 Å². The van der Waals surface area contributed by atoms with Crippen molar-refractivity contribution in [3.8, 4) is 0 Å². The Hall–Kier alpha value is -0.900. The summed E-state index contributed by atoms with van der Waals surface area (Å²) in [7, 11) is 2.20. The van der Waals surface area contributed by atoms with E-state index in [1.54, 1.807) is 0 Å². The average molecular weight is 248 g/mol. The minimum absolute atomic E-state index is 0.623. The van der Waals surface area contributed by atoms with Gasteiger partial charge in [0.15, 0.2) is 0 Å². The van der Waals surface area contributed by atoms with Crippen molar-refractivity contribution in [3.05, 3.63) is 35.4 Å². The third-order valence-corrected chi connectivity index (χ3v) is 3.59. The second-order valence-electron chi connectivity index (χ2n) is 5.28. The molecule has 1 aliphatic heterocycles. The number of ether oxygens (including phenoxy) is 1. The number of hydrogen-bond donors (Lipinski definition) is 1. The van der Waals surface area contributed by atoms with Crippen LogP contribution in [-0.2, 0) is 17.8 Å². The smallest absolute Gasteiger partial charge is 0.0469 e. The Morgan fingerprint density at radius 3 is 2.72 bits per heavy atom. The third kappa shape index (κ3) is 4.09. The standard InChI is InChI=1S/C15H24N2O/c1-17(11-13-5-7-18-8-6-13)12-15-4-2-3-14(9-15)10-16/h2-4,9,13H,5-8,10-12,16H2,1H3. The van der Waals surface area contributed by atoms with Gasteiger partial charge in [0, 0.05) is 32.8 Å². The van der Waals surface area contributed by atoms with E-state index in [0.717, 1.165) is 32.2 Å². The normalized spacial score (nSPS) is 17.3. The van der Waals surface area contributed by atoms with E-state index in [0.29, 0.717) is 6.54 Å². The van der Waals surface area contributed by atoms with Crippen molar-refractivity contribution >= 4 is 0 Å². The first-order valence-electron chi connectivity index (χ1n) is 6.82. The quantitative estimate of drug-likeness (QED) is 0.866. The predicted molar refractivity (Wildman–Crippen MR) is 74.2 cm³/mol. The molecule has 1 aromatic carbocycles. The fourth-order valence-corrected chi connectivity index (χ4v) is 2.60. The van der Waals surface area contributed by atoms with Crippen molar-refractivity contribution in [1.29, 1.82) is 0 Å². The Kier molecular flexibility index (Phi) is 5.17. The van der Waals surface area contributed by atoms with Gasteiger partial charge in [-0.2, -0.15) is 0 Å².